The lowest BCUT2D eigenvalue weighted by molar-refractivity contribution is 0.0990. The minimum absolute atomic E-state index is 0.145. The summed E-state index contributed by atoms with van der Waals surface area (Å²) < 4.78 is 0. The van der Waals surface area contributed by atoms with E-state index in [1.807, 2.05) is 6.08 Å². The van der Waals surface area contributed by atoms with Crippen LogP contribution in [-0.2, 0) is 12.8 Å². The van der Waals surface area contributed by atoms with Crippen LogP contribution in [0.5, 0.6) is 0 Å². The van der Waals surface area contributed by atoms with Gasteiger partial charge < -0.3 is 0 Å². The molecule has 0 radical (unpaired) electrons. The van der Waals surface area contributed by atoms with Crippen molar-refractivity contribution in [3.63, 3.8) is 0 Å². The Morgan fingerprint density at radius 1 is 1.18 bits per heavy atom. The number of carbonyl (C=O) groups excluding carboxylic acids is 1. The number of hydrogen-bond acceptors (Lipinski definition) is 2. The highest BCUT2D eigenvalue weighted by molar-refractivity contribution is 5.96. The summed E-state index contributed by atoms with van der Waals surface area (Å²) >= 11 is 0. The average Bonchev–Trinajstić information content (AvgIpc) is 3.21. The first-order chi connectivity index (χ1) is 10.8. The Morgan fingerprint density at radius 3 is 3.00 bits per heavy atom. The molecule has 114 valence electrons. The van der Waals surface area contributed by atoms with Crippen molar-refractivity contribution in [2.45, 2.75) is 57.8 Å². The van der Waals surface area contributed by atoms with Crippen LogP contribution in [-0.4, -0.2) is 16.0 Å². The molecule has 0 aromatic carbocycles. The fraction of sp³-hybridized carbons (Fsp3) is 0.474. The van der Waals surface area contributed by atoms with E-state index in [0.717, 1.165) is 31.2 Å². The Kier molecular flexibility index (Phi) is 3.57. The van der Waals surface area contributed by atoms with Gasteiger partial charge in [0, 0.05) is 17.7 Å². The molecule has 1 aromatic rings. The molecule has 0 unspecified atom stereocenters. The van der Waals surface area contributed by atoms with E-state index in [1.54, 1.807) is 11.1 Å². The van der Waals surface area contributed by atoms with E-state index in [0.29, 0.717) is 12.1 Å². The molecule has 0 bridgehead atoms. The summed E-state index contributed by atoms with van der Waals surface area (Å²) in [5.74, 6) is 0.145. The first-order valence-corrected chi connectivity index (χ1v) is 8.48. The molecule has 0 atom stereocenters. The number of rotatable bonds is 4. The summed E-state index contributed by atoms with van der Waals surface area (Å²) in [7, 11) is 0. The number of aromatic amines is 1. The molecule has 4 rings (SSSR count). The van der Waals surface area contributed by atoms with Gasteiger partial charge in [0.1, 0.15) is 5.69 Å². The van der Waals surface area contributed by atoms with Gasteiger partial charge in [-0.2, -0.15) is 5.10 Å². The lowest BCUT2D eigenvalue weighted by atomic mass is 9.94. The molecule has 3 nitrogen and oxygen atoms in total. The molecule has 0 amide bonds. The summed E-state index contributed by atoms with van der Waals surface area (Å²) in [6, 6.07) is 0. The first kappa shape index (κ1) is 13.7. The Balaban J connectivity index is 1.38. The Labute approximate surface area is 131 Å². The van der Waals surface area contributed by atoms with Crippen LogP contribution in [0.3, 0.4) is 0 Å². The molecule has 0 spiro atoms. The van der Waals surface area contributed by atoms with E-state index in [1.165, 1.54) is 37.0 Å². The van der Waals surface area contributed by atoms with E-state index >= 15 is 0 Å². The van der Waals surface area contributed by atoms with Crippen molar-refractivity contribution in [3.05, 3.63) is 51.9 Å². The molecule has 3 aliphatic rings. The highest BCUT2D eigenvalue weighted by Crippen LogP contribution is 2.36. The molecule has 3 aliphatic carbocycles. The number of allylic oxidation sites excluding steroid dienone is 6. The van der Waals surface area contributed by atoms with Gasteiger partial charge in [0.05, 0.1) is 0 Å². The third-order valence-electron chi connectivity index (χ3n) is 5.11. The molecule has 3 heteroatoms. The molecule has 0 fully saturated rings. The van der Waals surface area contributed by atoms with Crippen LogP contribution < -0.4 is 0 Å². The van der Waals surface area contributed by atoms with Crippen LogP contribution in [0.4, 0.5) is 0 Å². The number of aryl methyl sites for hydroxylation is 1. The van der Waals surface area contributed by atoms with Crippen LogP contribution in [0.2, 0.25) is 0 Å². The minimum atomic E-state index is 0.145. The number of ketones is 1. The summed E-state index contributed by atoms with van der Waals surface area (Å²) in [4.78, 5) is 12.3. The molecule has 1 heterocycles. The van der Waals surface area contributed by atoms with Gasteiger partial charge in [-0.1, -0.05) is 23.8 Å². The van der Waals surface area contributed by atoms with Crippen LogP contribution in [0.25, 0.3) is 0 Å². The van der Waals surface area contributed by atoms with Crippen LogP contribution in [0, 0.1) is 0 Å². The van der Waals surface area contributed by atoms with Crippen molar-refractivity contribution in [1.29, 1.82) is 0 Å². The van der Waals surface area contributed by atoms with Gasteiger partial charge >= 0.3 is 0 Å². The molecular weight excluding hydrogens is 272 g/mol. The number of Topliss-reactive ketones (excluding diaryl/α,β-unsaturated/α-hetero) is 1. The summed E-state index contributed by atoms with van der Waals surface area (Å²) in [5, 5.41) is 7.24. The third-order valence-corrected chi connectivity index (χ3v) is 5.11. The van der Waals surface area contributed by atoms with Gasteiger partial charge in [0.2, 0.25) is 0 Å². The van der Waals surface area contributed by atoms with Crippen LogP contribution in [0.15, 0.2) is 34.9 Å². The van der Waals surface area contributed by atoms with Gasteiger partial charge in [-0.25, -0.2) is 0 Å². The highest BCUT2D eigenvalue weighted by atomic mass is 16.1. The predicted molar refractivity (Wildman–Crippen MR) is 86.9 cm³/mol. The zero-order valence-corrected chi connectivity index (χ0v) is 13.0. The number of aromatic nitrogens is 2. The average molecular weight is 294 g/mol. The summed E-state index contributed by atoms with van der Waals surface area (Å²) in [5.41, 5.74) is 7.56. The third kappa shape index (κ3) is 2.49. The minimum Gasteiger partial charge on any atom is -0.292 e. The Hall–Kier alpha value is -1.90. The van der Waals surface area contributed by atoms with E-state index < -0.39 is 0 Å². The monoisotopic (exact) mass is 294 g/mol. The van der Waals surface area contributed by atoms with Crippen molar-refractivity contribution in [2.75, 3.05) is 0 Å². The van der Waals surface area contributed by atoms with Gasteiger partial charge in [-0.05, 0) is 62.5 Å². The topological polar surface area (TPSA) is 45.8 Å². The maximum Gasteiger partial charge on any atom is 0.187 e. The standard InChI is InChI=1S/C19H22N2O/c22-18(19-16-8-4-9-17(16)20-21-19)10-3-5-13-11-14-6-1-2-7-15(14)12-13/h3,5,11H,1-2,4,6-10,12H2,(H,20,21)/b5-3+. The molecule has 0 saturated carbocycles. The summed E-state index contributed by atoms with van der Waals surface area (Å²) in [6.45, 7) is 0. The Morgan fingerprint density at radius 2 is 2.09 bits per heavy atom. The maximum atomic E-state index is 12.3. The molecule has 22 heavy (non-hydrogen) atoms. The number of nitrogens with one attached hydrogen (secondary N) is 1. The number of hydrogen-bond donors (Lipinski definition) is 1. The lowest BCUT2D eigenvalue weighted by Crippen LogP contribution is -2.01. The zero-order chi connectivity index (χ0) is 14.9. The van der Waals surface area contributed by atoms with Crippen molar-refractivity contribution < 1.29 is 4.79 Å². The largest absolute Gasteiger partial charge is 0.292 e. The quantitative estimate of drug-likeness (QED) is 0.845. The second kappa shape index (κ2) is 5.71. The lowest BCUT2D eigenvalue weighted by Gasteiger charge is -2.12. The van der Waals surface area contributed by atoms with Crippen molar-refractivity contribution >= 4 is 5.78 Å². The van der Waals surface area contributed by atoms with Gasteiger partial charge in [0.15, 0.2) is 5.78 Å². The number of H-pyrrole nitrogens is 1. The fourth-order valence-corrected chi connectivity index (χ4v) is 3.96. The number of carbonyl (C=O) groups is 1. The maximum absolute atomic E-state index is 12.3. The fourth-order valence-electron chi connectivity index (χ4n) is 3.96. The molecule has 0 aliphatic heterocycles. The number of nitrogens with zero attached hydrogens (tertiary/aromatic N) is 1. The second-order valence-corrected chi connectivity index (χ2v) is 6.64. The molecule has 1 aromatic heterocycles. The van der Waals surface area contributed by atoms with Crippen LogP contribution in [0.1, 0.15) is 66.7 Å². The Bertz CT molecular complexity index is 703. The second-order valence-electron chi connectivity index (χ2n) is 6.64. The molecule has 0 saturated heterocycles. The predicted octanol–water partition coefficient (Wildman–Crippen LogP) is 4.23. The molecule has 1 N–H and O–H groups in total. The van der Waals surface area contributed by atoms with Gasteiger partial charge in [-0.3, -0.25) is 9.89 Å². The first-order valence-electron chi connectivity index (χ1n) is 8.48. The summed E-state index contributed by atoms with van der Waals surface area (Å²) in [6.07, 6.45) is 16.4. The van der Waals surface area contributed by atoms with E-state index in [9.17, 15) is 4.79 Å². The zero-order valence-electron chi connectivity index (χ0n) is 13.0. The van der Waals surface area contributed by atoms with Crippen molar-refractivity contribution in [3.8, 4) is 0 Å². The van der Waals surface area contributed by atoms with E-state index in [2.05, 4.69) is 22.3 Å². The van der Waals surface area contributed by atoms with Gasteiger partial charge in [0.25, 0.3) is 0 Å². The van der Waals surface area contributed by atoms with Gasteiger partial charge in [-0.15, -0.1) is 0 Å². The number of fused-ring (bicyclic) bond motifs is 1. The normalized spacial score (nSPS) is 20.5. The van der Waals surface area contributed by atoms with Crippen molar-refractivity contribution in [1.82, 2.24) is 10.2 Å². The van der Waals surface area contributed by atoms with E-state index in [4.69, 9.17) is 0 Å². The highest BCUT2D eigenvalue weighted by Gasteiger charge is 2.22. The van der Waals surface area contributed by atoms with E-state index in [-0.39, 0.29) is 5.78 Å². The van der Waals surface area contributed by atoms with Crippen LogP contribution >= 0.6 is 0 Å². The molecular formula is C19H22N2O. The smallest absolute Gasteiger partial charge is 0.187 e. The SMILES string of the molecule is O=C(C/C=C/C1=CC2=C(CCCC2)C1)c1n[nH]c2c1CCC2. The van der Waals surface area contributed by atoms with Crippen molar-refractivity contribution in [2.24, 2.45) is 0 Å².